The van der Waals surface area contributed by atoms with Crippen LogP contribution in [0.4, 0.5) is 0 Å². The second-order valence-electron chi connectivity index (χ2n) is 10.9. The van der Waals surface area contributed by atoms with Crippen LogP contribution in [0, 0.1) is 11.8 Å². The number of aromatic amines is 1. The van der Waals surface area contributed by atoms with E-state index in [1.54, 1.807) is 6.33 Å². The van der Waals surface area contributed by atoms with Gasteiger partial charge in [-0.3, -0.25) is 9.69 Å². The number of aromatic nitrogens is 2. The smallest absolute Gasteiger partial charge is 0.224 e. The Kier molecular flexibility index (Phi) is 7.40. The summed E-state index contributed by atoms with van der Waals surface area (Å²) in [6, 6.07) is 21.7. The Hall–Kier alpha value is -3.64. The van der Waals surface area contributed by atoms with Crippen LogP contribution in [-0.2, 0) is 30.6 Å². The highest BCUT2D eigenvalue weighted by molar-refractivity contribution is 5.83. The van der Waals surface area contributed by atoms with Gasteiger partial charge in [-0.2, -0.15) is 0 Å². The van der Waals surface area contributed by atoms with Gasteiger partial charge in [0.2, 0.25) is 5.91 Å². The lowest BCUT2D eigenvalue weighted by molar-refractivity contribution is -0.127. The van der Waals surface area contributed by atoms with E-state index in [0.717, 1.165) is 50.3 Å². The van der Waals surface area contributed by atoms with E-state index in [9.17, 15) is 4.79 Å². The Bertz CT molecular complexity index is 1380. The third-order valence-electron chi connectivity index (χ3n) is 8.01. The van der Waals surface area contributed by atoms with Crippen molar-refractivity contribution in [3.63, 3.8) is 0 Å². The van der Waals surface area contributed by atoms with Gasteiger partial charge < -0.3 is 15.0 Å². The van der Waals surface area contributed by atoms with E-state index in [1.807, 2.05) is 6.20 Å². The van der Waals surface area contributed by atoms with E-state index >= 15 is 0 Å². The summed E-state index contributed by atoms with van der Waals surface area (Å²) in [6.45, 7) is 3.76. The first-order chi connectivity index (χ1) is 18.7. The number of carbonyl (C=O) groups is 1. The largest absolute Gasteiger partial charge is 0.493 e. The number of imidazole rings is 1. The molecule has 2 atom stereocenters. The number of fused-ring (bicyclic) bond motifs is 2. The molecule has 1 fully saturated rings. The molecule has 6 rings (SSSR count). The van der Waals surface area contributed by atoms with Crippen LogP contribution in [0.1, 0.15) is 35.2 Å². The summed E-state index contributed by atoms with van der Waals surface area (Å²) in [5.41, 5.74) is 5.21. The number of amides is 1. The highest BCUT2D eigenvalue weighted by Gasteiger charge is 2.32. The minimum absolute atomic E-state index is 0.0559. The van der Waals surface area contributed by atoms with Crippen LogP contribution >= 0.6 is 0 Å². The molecule has 2 aliphatic rings. The number of carbonyl (C=O) groups excluding carboxylic acids is 1. The number of hydrogen-bond donors (Lipinski definition) is 2. The van der Waals surface area contributed by atoms with Crippen molar-refractivity contribution < 1.29 is 9.53 Å². The lowest BCUT2D eigenvalue weighted by Crippen LogP contribution is -2.47. The Labute approximate surface area is 224 Å². The van der Waals surface area contributed by atoms with Gasteiger partial charge in [-0.15, -0.1) is 0 Å². The average Bonchev–Trinajstić information content (AvgIpc) is 3.64. The van der Waals surface area contributed by atoms with Crippen LogP contribution in [-0.4, -0.2) is 47.0 Å². The van der Waals surface area contributed by atoms with E-state index in [2.05, 4.69) is 80.8 Å². The number of piperidine rings is 1. The van der Waals surface area contributed by atoms with Gasteiger partial charge in [0, 0.05) is 50.4 Å². The van der Waals surface area contributed by atoms with Gasteiger partial charge in [0.1, 0.15) is 5.75 Å². The third-order valence-corrected chi connectivity index (χ3v) is 8.01. The maximum atomic E-state index is 13.2. The molecular formula is C32H36N4O2. The fourth-order valence-corrected chi connectivity index (χ4v) is 6.08. The number of hydrogen-bond acceptors (Lipinski definition) is 4. The monoisotopic (exact) mass is 508 g/mol. The normalized spacial score (nSPS) is 19.4. The zero-order valence-corrected chi connectivity index (χ0v) is 21.9. The van der Waals surface area contributed by atoms with Crippen LogP contribution in [0.3, 0.4) is 0 Å². The van der Waals surface area contributed by atoms with Crippen LogP contribution in [0.25, 0.3) is 10.8 Å². The first-order valence-electron chi connectivity index (χ1n) is 13.9. The molecule has 1 aliphatic heterocycles. The number of nitrogens with one attached hydrogen (secondary N) is 2. The van der Waals surface area contributed by atoms with Gasteiger partial charge in [0.25, 0.3) is 0 Å². The number of H-pyrrole nitrogens is 1. The highest BCUT2D eigenvalue weighted by Crippen LogP contribution is 2.29. The molecule has 4 aromatic rings. The number of nitrogens with zero attached hydrogens (tertiary/aromatic N) is 2. The molecule has 196 valence electrons. The quantitative estimate of drug-likeness (QED) is 0.336. The molecule has 1 aromatic heterocycles. The summed E-state index contributed by atoms with van der Waals surface area (Å²) < 4.78 is 6.32. The second kappa shape index (κ2) is 11.4. The van der Waals surface area contributed by atoms with E-state index in [-0.39, 0.29) is 11.8 Å². The van der Waals surface area contributed by atoms with E-state index < -0.39 is 0 Å². The molecule has 38 heavy (non-hydrogen) atoms. The average molecular weight is 509 g/mol. The maximum absolute atomic E-state index is 13.2. The first kappa shape index (κ1) is 24.7. The summed E-state index contributed by atoms with van der Waals surface area (Å²) in [5.74, 6) is 1.33. The summed E-state index contributed by atoms with van der Waals surface area (Å²) in [4.78, 5) is 22.8. The fraction of sp³-hybridized carbons (Fsp3) is 0.375. The summed E-state index contributed by atoms with van der Waals surface area (Å²) in [7, 11) is 0. The molecule has 2 N–H and O–H groups in total. The zero-order valence-electron chi connectivity index (χ0n) is 21.9. The minimum Gasteiger partial charge on any atom is -0.493 e. The van der Waals surface area contributed by atoms with E-state index in [0.29, 0.717) is 19.1 Å². The van der Waals surface area contributed by atoms with Gasteiger partial charge in [-0.25, -0.2) is 4.98 Å². The number of aryl methyl sites for hydroxylation is 2. The molecule has 6 nitrogen and oxygen atoms in total. The van der Waals surface area contributed by atoms with Crippen molar-refractivity contribution in [2.24, 2.45) is 11.8 Å². The lowest BCUT2D eigenvalue weighted by Gasteiger charge is -2.37. The van der Waals surface area contributed by atoms with Crippen molar-refractivity contribution >= 4 is 16.7 Å². The molecule has 0 spiro atoms. The van der Waals surface area contributed by atoms with Gasteiger partial charge in [0.05, 0.1) is 18.9 Å². The topological polar surface area (TPSA) is 70.2 Å². The lowest BCUT2D eigenvalue weighted by atomic mass is 9.88. The Morgan fingerprint density at radius 1 is 1.03 bits per heavy atom. The summed E-state index contributed by atoms with van der Waals surface area (Å²) in [5, 5.41) is 5.68. The number of benzene rings is 3. The SMILES string of the molecule is O=C(NCCc1cnc[nH]1)[C@@H]1C[C@H](COc2ccc3c(c2)CCC3)CN(Cc2ccc3ccccc3c2)C1. The molecule has 0 unspecified atom stereocenters. The molecule has 0 radical (unpaired) electrons. The molecule has 1 amide bonds. The van der Waals surface area contributed by atoms with Crippen molar-refractivity contribution in [2.45, 2.75) is 38.6 Å². The van der Waals surface area contributed by atoms with Gasteiger partial charge in [0.15, 0.2) is 0 Å². The Balaban J connectivity index is 1.12. The molecule has 1 aliphatic carbocycles. The standard InChI is InChI=1S/C32H36N4O2/c37-32(34-13-12-30-17-33-22-35-30)29-15-24(21-38-31-11-10-26-6-3-7-28(26)16-31)19-36(20-29)18-23-8-9-25-4-1-2-5-27(25)14-23/h1-2,4-5,8-11,14,16-17,22,24,29H,3,6-7,12-13,15,18-21H2,(H,33,35)(H,34,37)/t24-,29+/m0/s1. The number of rotatable bonds is 9. The van der Waals surface area contributed by atoms with Crippen molar-refractivity contribution in [1.82, 2.24) is 20.2 Å². The van der Waals surface area contributed by atoms with E-state index in [1.165, 1.54) is 40.3 Å². The zero-order chi connectivity index (χ0) is 25.7. The molecule has 6 heteroatoms. The van der Waals surface area contributed by atoms with Gasteiger partial charge in [-0.05, 0) is 71.3 Å². The first-order valence-corrected chi connectivity index (χ1v) is 13.9. The molecule has 0 bridgehead atoms. The maximum Gasteiger partial charge on any atom is 0.224 e. The van der Waals surface area contributed by atoms with Crippen molar-refractivity contribution in [3.8, 4) is 5.75 Å². The molecule has 1 saturated heterocycles. The van der Waals surface area contributed by atoms with Crippen LogP contribution in [0.15, 0.2) is 73.2 Å². The van der Waals surface area contributed by atoms with Crippen LogP contribution in [0.5, 0.6) is 5.75 Å². The molecule has 3 aromatic carbocycles. The molecule has 2 heterocycles. The fourth-order valence-electron chi connectivity index (χ4n) is 6.08. The molecule has 0 saturated carbocycles. The number of ether oxygens (including phenoxy) is 1. The van der Waals surface area contributed by atoms with Crippen molar-refractivity contribution in [3.05, 3.63) is 95.6 Å². The van der Waals surface area contributed by atoms with Crippen molar-refractivity contribution in [1.29, 1.82) is 0 Å². The predicted molar refractivity (Wildman–Crippen MR) is 150 cm³/mol. The Morgan fingerprint density at radius 2 is 1.92 bits per heavy atom. The highest BCUT2D eigenvalue weighted by atomic mass is 16.5. The Morgan fingerprint density at radius 3 is 2.82 bits per heavy atom. The molecular weight excluding hydrogens is 472 g/mol. The van der Waals surface area contributed by atoms with Gasteiger partial charge in [-0.1, -0.05) is 42.5 Å². The third kappa shape index (κ3) is 5.91. The summed E-state index contributed by atoms with van der Waals surface area (Å²) >= 11 is 0. The van der Waals surface area contributed by atoms with E-state index in [4.69, 9.17) is 4.74 Å². The number of likely N-dealkylation sites (tertiary alicyclic amines) is 1. The second-order valence-corrected chi connectivity index (χ2v) is 10.9. The summed E-state index contributed by atoms with van der Waals surface area (Å²) in [6.07, 6.45) is 8.65. The van der Waals surface area contributed by atoms with Crippen LogP contribution in [0.2, 0.25) is 0 Å². The predicted octanol–water partition coefficient (Wildman–Crippen LogP) is 4.93. The minimum atomic E-state index is -0.0559. The van der Waals surface area contributed by atoms with Crippen molar-refractivity contribution in [2.75, 3.05) is 26.2 Å². The van der Waals surface area contributed by atoms with Gasteiger partial charge >= 0.3 is 0 Å². The van der Waals surface area contributed by atoms with Crippen LogP contribution < -0.4 is 10.1 Å².